The highest BCUT2D eigenvalue weighted by Gasteiger charge is 2.32. The molecule has 5 nitrogen and oxygen atoms in total. The van der Waals surface area contributed by atoms with Crippen LogP contribution in [-0.4, -0.2) is 31.6 Å². The summed E-state index contributed by atoms with van der Waals surface area (Å²) in [4.78, 5) is 11.0. The molecule has 1 aromatic rings. The number of aromatic nitrogens is 2. The molecule has 1 aliphatic carbocycles. The zero-order valence-electron chi connectivity index (χ0n) is 12.1. The highest BCUT2D eigenvalue weighted by Crippen LogP contribution is 2.32. The number of carboxylic acids is 1. The van der Waals surface area contributed by atoms with Crippen LogP contribution >= 0.6 is 11.8 Å². The molecule has 0 aliphatic heterocycles. The van der Waals surface area contributed by atoms with Crippen molar-refractivity contribution in [2.45, 2.75) is 62.1 Å². The maximum atomic E-state index is 11.0. The Morgan fingerprint density at radius 3 is 2.85 bits per heavy atom. The predicted octanol–water partition coefficient (Wildman–Crippen LogP) is 2.42. The summed E-state index contributed by atoms with van der Waals surface area (Å²) in [6.45, 7) is 3.73. The molecule has 0 radical (unpaired) electrons. The molecule has 6 heteroatoms. The van der Waals surface area contributed by atoms with Gasteiger partial charge in [0, 0.05) is 16.7 Å². The fourth-order valence-electron chi connectivity index (χ4n) is 2.47. The largest absolute Gasteiger partial charge is 0.480 e. The topological polar surface area (TPSA) is 81.1 Å². The first-order valence-corrected chi connectivity index (χ1v) is 8.05. The summed E-state index contributed by atoms with van der Waals surface area (Å²) in [6, 6.07) is 1.70. The summed E-state index contributed by atoms with van der Waals surface area (Å²) in [5.74, 6) is -0.271. The molecule has 0 unspecified atom stereocenters. The van der Waals surface area contributed by atoms with Crippen LogP contribution in [0.4, 0.5) is 0 Å². The van der Waals surface area contributed by atoms with Gasteiger partial charge in [0.2, 0.25) is 0 Å². The van der Waals surface area contributed by atoms with Gasteiger partial charge < -0.3 is 10.8 Å². The van der Waals surface area contributed by atoms with E-state index in [9.17, 15) is 4.79 Å². The van der Waals surface area contributed by atoms with E-state index >= 15 is 0 Å². The lowest BCUT2D eigenvalue weighted by atomic mass is 10.1. The lowest BCUT2D eigenvalue weighted by molar-refractivity contribution is -0.139. The van der Waals surface area contributed by atoms with Crippen molar-refractivity contribution < 1.29 is 9.90 Å². The highest BCUT2D eigenvalue weighted by molar-refractivity contribution is 7.99. The summed E-state index contributed by atoms with van der Waals surface area (Å²) < 4.78 is 1.55. The Hall–Kier alpha value is -1.01. The first-order valence-electron chi connectivity index (χ1n) is 7.06. The molecule has 1 atom stereocenters. The third-order valence-electron chi connectivity index (χ3n) is 3.97. The van der Waals surface area contributed by atoms with E-state index in [1.165, 1.54) is 25.7 Å². The van der Waals surface area contributed by atoms with Crippen molar-refractivity contribution >= 4 is 17.7 Å². The summed E-state index contributed by atoms with van der Waals surface area (Å²) in [5.41, 5.74) is 6.71. The maximum absolute atomic E-state index is 11.0. The average Bonchev–Trinajstić information content (AvgIpc) is 3.05. The van der Waals surface area contributed by atoms with Crippen molar-refractivity contribution in [1.82, 2.24) is 9.78 Å². The molecule has 20 heavy (non-hydrogen) atoms. The van der Waals surface area contributed by atoms with Gasteiger partial charge in [-0.3, -0.25) is 9.48 Å². The average molecular weight is 297 g/mol. The number of rotatable bonds is 6. The van der Waals surface area contributed by atoms with Crippen LogP contribution in [0.1, 0.15) is 51.3 Å². The minimum Gasteiger partial charge on any atom is -0.480 e. The molecule has 0 aromatic carbocycles. The van der Waals surface area contributed by atoms with Gasteiger partial charge in [0.25, 0.3) is 0 Å². The van der Waals surface area contributed by atoms with E-state index in [2.05, 4.69) is 9.78 Å². The van der Waals surface area contributed by atoms with Crippen molar-refractivity contribution in [3.63, 3.8) is 0 Å². The van der Waals surface area contributed by atoms with Crippen molar-refractivity contribution in [2.24, 2.45) is 5.73 Å². The Bertz CT molecular complexity index is 467. The van der Waals surface area contributed by atoms with Crippen LogP contribution in [0.25, 0.3) is 0 Å². The molecule has 2 rings (SSSR count). The Morgan fingerprint density at radius 1 is 1.60 bits per heavy atom. The number of hydrogen-bond acceptors (Lipinski definition) is 4. The number of hydrogen-bond donors (Lipinski definition) is 2. The van der Waals surface area contributed by atoms with E-state index in [-0.39, 0.29) is 0 Å². The quantitative estimate of drug-likeness (QED) is 0.842. The monoisotopic (exact) mass is 297 g/mol. The standard InChI is InChI=1S/C14H23N3O2S/c1-14(2,12(15)13(18)19)20-9-10-7-8-17(16-10)11-5-3-4-6-11/h7-8,11-12H,3-6,9,15H2,1-2H3,(H,18,19)/t12-/m1/s1. The number of carboxylic acid groups (broad SMARTS) is 1. The summed E-state index contributed by atoms with van der Waals surface area (Å²) in [5, 5.41) is 13.6. The molecule has 0 saturated heterocycles. The van der Waals surface area contributed by atoms with Crippen LogP contribution in [0.2, 0.25) is 0 Å². The van der Waals surface area contributed by atoms with E-state index in [0.29, 0.717) is 11.8 Å². The second kappa shape index (κ2) is 6.18. The van der Waals surface area contributed by atoms with Crippen molar-refractivity contribution in [1.29, 1.82) is 0 Å². The van der Waals surface area contributed by atoms with Crippen LogP contribution in [0.15, 0.2) is 12.3 Å². The molecule has 1 aromatic heterocycles. The van der Waals surface area contributed by atoms with Gasteiger partial charge in [-0.2, -0.15) is 5.10 Å². The third kappa shape index (κ3) is 3.55. The number of nitrogens with two attached hydrogens (primary N) is 1. The molecule has 0 spiro atoms. The molecule has 1 fully saturated rings. The van der Waals surface area contributed by atoms with E-state index in [1.54, 1.807) is 11.8 Å². The van der Waals surface area contributed by atoms with Crippen LogP contribution in [-0.2, 0) is 10.5 Å². The number of carbonyl (C=O) groups is 1. The van der Waals surface area contributed by atoms with Crippen LogP contribution in [0, 0.1) is 0 Å². The first-order chi connectivity index (χ1) is 9.40. The van der Waals surface area contributed by atoms with Gasteiger partial charge in [0.1, 0.15) is 6.04 Å². The van der Waals surface area contributed by atoms with Gasteiger partial charge in [-0.05, 0) is 32.8 Å². The summed E-state index contributed by atoms with van der Waals surface area (Å²) in [7, 11) is 0. The Labute approximate surface area is 123 Å². The third-order valence-corrected chi connectivity index (χ3v) is 5.41. The fraction of sp³-hybridized carbons (Fsp3) is 0.714. The Balaban J connectivity index is 1.92. The SMILES string of the molecule is CC(C)(SCc1ccn(C2CCCC2)n1)[C@H](N)C(=O)O. The molecule has 0 bridgehead atoms. The fourth-order valence-corrected chi connectivity index (χ4v) is 3.43. The van der Waals surface area contributed by atoms with Gasteiger partial charge >= 0.3 is 5.97 Å². The maximum Gasteiger partial charge on any atom is 0.321 e. The van der Waals surface area contributed by atoms with Gasteiger partial charge in [-0.15, -0.1) is 11.8 Å². The highest BCUT2D eigenvalue weighted by atomic mass is 32.2. The first kappa shape index (κ1) is 15.4. The molecular formula is C14H23N3O2S. The molecule has 112 valence electrons. The molecule has 3 N–H and O–H groups in total. The molecule has 1 heterocycles. The van der Waals surface area contributed by atoms with Crippen molar-refractivity contribution in [3.05, 3.63) is 18.0 Å². The van der Waals surface area contributed by atoms with Gasteiger partial charge in [0.05, 0.1) is 11.7 Å². The summed E-state index contributed by atoms with van der Waals surface area (Å²) >= 11 is 1.54. The number of nitrogens with zero attached hydrogens (tertiary/aromatic N) is 2. The van der Waals surface area contributed by atoms with Gasteiger partial charge in [0.15, 0.2) is 0 Å². The van der Waals surface area contributed by atoms with E-state index < -0.39 is 16.8 Å². The lowest BCUT2D eigenvalue weighted by Gasteiger charge is -2.27. The van der Waals surface area contributed by atoms with E-state index in [1.807, 2.05) is 26.1 Å². The van der Waals surface area contributed by atoms with Gasteiger partial charge in [-0.25, -0.2) is 0 Å². The molecule has 0 amide bonds. The number of aliphatic carboxylic acids is 1. The van der Waals surface area contributed by atoms with Crippen LogP contribution < -0.4 is 5.73 Å². The molecule has 1 saturated carbocycles. The number of thioether (sulfide) groups is 1. The van der Waals surface area contributed by atoms with Crippen molar-refractivity contribution in [2.75, 3.05) is 0 Å². The minimum atomic E-state index is -0.959. The second-order valence-electron chi connectivity index (χ2n) is 5.93. The van der Waals surface area contributed by atoms with E-state index in [4.69, 9.17) is 10.8 Å². The van der Waals surface area contributed by atoms with Crippen molar-refractivity contribution in [3.8, 4) is 0 Å². The zero-order valence-corrected chi connectivity index (χ0v) is 12.9. The zero-order chi connectivity index (χ0) is 14.8. The predicted molar refractivity (Wildman–Crippen MR) is 80.7 cm³/mol. The van der Waals surface area contributed by atoms with Crippen LogP contribution in [0.3, 0.4) is 0 Å². The molecule has 1 aliphatic rings. The molecular weight excluding hydrogens is 274 g/mol. The Kier molecular flexibility index (Phi) is 4.75. The smallest absolute Gasteiger partial charge is 0.321 e. The van der Waals surface area contributed by atoms with Gasteiger partial charge in [-0.1, -0.05) is 12.8 Å². The summed E-state index contributed by atoms with van der Waals surface area (Å²) in [6.07, 6.45) is 7.04. The van der Waals surface area contributed by atoms with Crippen LogP contribution in [0.5, 0.6) is 0 Å². The second-order valence-corrected chi connectivity index (χ2v) is 7.56. The normalized spacial score (nSPS) is 18.4. The lowest BCUT2D eigenvalue weighted by Crippen LogP contribution is -2.46. The van der Waals surface area contributed by atoms with E-state index in [0.717, 1.165) is 5.69 Å². The Morgan fingerprint density at radius 2 is 2.25 bits per heavy atom. The minimum absolute atomic E-state index is 0.511.